The summed E-state index contributed by atoms with van der Waals surface area (Å²) in [5, 5.41) is 0.696. The quantitative estimate of drug-likeness (QED) is 0.914. The molecule has 1 atom stereocenters. The van der Waals surface area contributed by atoms with E-state index in [-0.39, 0.29) is 11.5 Å². The highest BCUT2D eigenvalue weighted by molar-refractivity contribution is 6.31. The van der Waals surface area contributed by atoms with Gasteiger partial charge in [-0.15, -0.1) is 0 Å². The van der Waals surface area contributed by atoms with Gasteiger partial charge in [0.2, 0.25) is 0 Å². The minimum atomic E-state index is -0.0293. The lowest BCUT2D eigenvalue weighted by atomic mass is 9.74. The van der Waals surface area contributed by atoms with Gasteiger partial charge in [-0.05, 0) is 36.3 Å². The van der Waals surface area contributed by atoms with E-state index in [1.807, 2.05) is 12.1 Å². The molecule has 0 radical (unpaired) electrons. The van der Waals surface area contributed by atoms with Crippen LogP contribution in [0.25, 0.3) is 0 Å². The van der Waals surface area contributed by atoms with E-state index in [1.54, 1.807) is 0 Å². The first-order valence-corrected chi connectivity index (χ1v) is 7.89. The summed E-state index contributed by atoms with van der Waals surface area (Å²) in [7, 11) is 0. The van der Waals surface area contributed by atoms with Crippen molar-refractivity contribution in [1.29, 1.82) is 0 Å². The molecule has 0 bridgehead atoms. The maximum Gasteiger partial charge on any atom is 0.162 e. The summed E-state index contributed by atoms with van der Waals surface area (Å²) in [4.78, 5) is 0. The Hall–Kier alpha value is -0.930. The molecule has 110 valence electrons. The molecule has 4 heteroatoms. The van der Waals surface area contributed by atoms with E-state index in [2.05, 4.69) is 6.92 Å². The Morgan fingerprint density at radius 3 is 2.40 bits per heavy atom. The normalized spacial score (nSPS) is 21.8. The second-order valence-corrected chi connectivity index (χ2v) is 6.33. The lowest BCUT2D eigenvalue weighted by Crippen LogP contribution is -2.32. The molecule has 1 fully saturated rings. The Morgan fingerprint density at radius 2 is 1.80 bits per heavy atom. The Balaban J connectivity index is 1.96. The van der Waals surface area contributed by atoms with Crippen molar-refractivity contribution < 1.29 is 9.47 Å². The summed E-state index contributed by atoms with van der Waals surface area (Å²) in [5.74, 6) is 1.50. The van der Waals surface area contributed by atoms with Crippen LogP contribution in [0.1, 0.15) is 50.6 Å². The van der Waals surface area contributed by atoms with Crippen LogP contribution in [0.5, 0.6) is 11.5 Å². The number of benzene rings is 1. The average molecular weight is 296 g/mol. The minimum absolute atomic E-state index is 0.0293. The molecule has 0 aromatic heterocycles. The molecule has 2 aliphatic rings. The number of halogens is 1. The molecule has 1 aliphatic carbocycles. The Labute approximate surface area is 125 Å². The van der Waals surface area contributed by atoms with Gasteiger partial charge in [-0.1, -0.05) is 31.4 Å². The highest BCUT2D eigenvalue weighted by atomic mass is 35.5. The molecule has 0 spiro atoms. The molecular formula is C16H22ClNO2. The lowest BCUT2D eigenvalue weighted by Gasteiger charge is -2.35. The van der Waals surface area contributed by atoms with Gasteiger partial charge >= 0.3 is 0 Å². The monoisotopic (exact) mass is 295 g/mol. The molecule has 1 aromatic rings. The number of ether oxygens (including phenoxy) is 2. The third-order valence-corrected chi connectivity index (χ3v) is 5.29. The molecule has 2 N–H and O–H groups in total. The second-order valence-electron chi connectivity index (χ2n) is 5.92. The van der Waals surface area contributed by atoms with Crippen molar-refractivity contribution in [2.75, 3.05) is 13.2 Å². The lowest BCUT2D eigenvalue weighted by molar-refractivity contribution is 0.170. The fourth-order valence-electron chi connectivity index (χ4n) is 3.61. The summed E-state index contributed by atoms with van der Waals surface area (Å²) in [6.45, 7) is 3.40. The van der Waals surface area contributed by atoms with Crippen LogP contribution in [-0.2, 0) is 0 Å². The molecule has 1 heterocycles. The number of rotatable bonds is 3. The summed E-state index contributed by atoms with van der Waals surface area (Å²) >= 11 is 6.44. The zero-order valence-electron chi connectivity index (χ0n) is 12.0. The highest BCUT2D eigenvalue weighted by Crippen LogP contribution is 2.51. The first kappa shape index (κ1) is 14.0. The van der Waals surface area contributed by atoms with Crippen molar-refractivity contribution >= 4 is 11.6 Å². The van der Waals surface area contributed by atoms with Crippen LogP contribution in [0, 0.1) is 5.41 Å². The van der Waals surface area contributed by atoms with E-state index in [9.17, 15) is 0 Å². The maximum atomic E-state index is 6.60. The van der Waals surface area contributed by atoms with Gasteiger partial charge in [-0.25, -0.2) is 0 Å². The van der Waals surface area contributed by atoms with Gasteiger partial charge in [-0.3, -0.25) is 0 Å². The van der Waals surface area contributed by atoms with Crippen LogP contribution in [0.15, 0.2) is 12.1 Å². The van der Waals surface area contributed by atoms with Gasteiger partial charge in [0.15, 0.2) is 11.5 Å². The van der Waals surface area contributed by atoms with E-state index >= 15 is 0 Å². The molecule has 1 unspecified atom stereocenters. The van der Waals surface area contributed by atoms with Crippen LogP contribution in [0.2, 0.25) is 5.02 Å². The SMILES string of the molecule is CCC1(C(N)c2cc3c(cc2Cl)OCCO3)CCCC1. The number of fused-ring (bicyclic) bond motifs is 1. The first-order valence-electron chi connectivity index (χ1n) is 7.51. The van der Waals surface area contributed by atoms with E-state index in [1.165, 1.54) is 25.7 Å². The highest BCUT2D eigenvalue weighted by Gasteiger charge is 2.39. The topological polar surface area (TPSA) is 44.5 Å². The molecule has 1 aliphatic heterocycles. The van der Waals surface area contributed by atoms with Crippen LogP contribution < -0.4 is 15.2 Å². The van der Waals surface area contributed by atoms with Crippen molar-refractivity contribution in [3.05, 3.63) is 22.7 Å². The average Bonchev–Trinajstić information content (AvgIpc) is 2.96. The molecule has 0 amide bonds. The van der Waals surface area contributed by atoms with Crippen LogP contribution in [0.3, 0.4) is 0 Å². The van der Waals surface area contributed by atoms with Crippen LogP contribution in [-0.4, -0.2) is 13.2 Å². The van der Waals surface area contributed by atoms with Crippen molar-refractivity contribution in [3.8, 4) is 11.5 Å². The van der Waals surface area contributed by atoms with E-state index in [0.717, 1.165) is 23.5 Å². The smallest absolute Gasteiger partial charge is 0.162 e. The van der Waals surface area contributed by atoms with Gasteiger partial charge in [0, 0.05) is 17.1 Å². The molecule has 1 aromatic carbocycles. The van der Waals surface area contributed by atoms with Gasteiger partial charge in [0.1, 0.15) is 13.2 Å². The van der Waals surface area contributed by atoms with E-state index < -0.39 is 0 Å². The summed E-state index contributed by atoms with van der Waals surface area (Å²) in [6, 6.07) is 3.80. The summed E-state index contributed by atoms with van der Waals surface area (Å²) in [5.41, 5.74) is 7.79. The van der Waals surface area contributed by atoms with Crippen molar-refractivity contribution in [2.24, 2.45) is 11.1 Å². The number of hydrogen-bond donors (Lipinski definition) is 1. The summed E-state index contributed by atoms with van der Waals surface area (Å²) in [6.07, 6.45) is 6.01. The molecule has 1 saturated carbocycles. The Bertz CT molecular complexity index is 497. The fourth-order valence-corrected chi connectivity index (χ4v) is 3.88. The van der Waals surface area contributed by atoms with E-state index in [0.29, 0.717) is 18.2 Å². The zero-order valence-corrected chi connectivity index (χ0v) is 12.7. The van der Waals surface area contributed by atoms with Crippen LogP contribution >= 0.6 is 11.6 Å². The number of hydrogen-bond acceptors (Lipinski definition) is 3. The van der Waals surface area contributed by atoms with Crippen molar-refractivity contribution in [3.63, 3.8) is 0 Å². The number of nitrogens with two attached hydrogens (primary N) is 1. The third-order valence-electron chi connectivity index (χ3n) is 4.96. The summed E-state index contributed by atoms with van der Waals surface area (Å²) < 4.78 is 11.2. The van der Waals surface area contributed by atoms with Gasteiger partial charge in [0.25, 0.3) is 0 Å². The predicted molar refractivity (Wildman–Crippen MR) is 80.6 cm³/mol. The van der Waals surface area contributed by atoms with E-state index in [4.69, 9.17) is 26.8 Å². The molecule has 0 saturated heterocycles. The fraction of sp³-hybridized carbons (Fsp3) is 0.625. The standard InChI is InChI=1S/C16H22ClNO2/c1-2-16(5-3-4-6-16)15(18)11-9-13-14(10-12(11)17)20-8-7-19-13/h9-10,15H,2-8,18H2,1H3. The molecule has 3 rings (SSSR count). The molecule has 3 nitrogen and oxygen atoms in total. The second kappa shape index (κ2) is 5.45. The zero-order chi connectivity index (χ0) is 14.2. The van der Waals surface area contributed by atoms with Gasteiger partial charge in [-0.2, -0.15) is 0 Å². The molecule has 20 heavy (non-hydrogen) atoms. The van der Waals surface area contributed by atoms with Gasteiger partial charge in [0.05, 0.1) is 0 Å². The Morgan fingerprint density at radius 1 is 1.20 bits per heavy atom. The first-order chi connectivity index (χ1) is 9.66. The van der Waals surface area contributed by atoms with Crippen LogP contribution in [0.4, 0.5) is 0 Å². The van der Waals surface area contributed by atoms with Crippen molar-refractivity contribution in [1.82, 2.24) is 0 Å². The van der Waals surface area contributed by atoms with Crippen molar-refractivity contribution in [2.45, 2.75) is 45.1 Å². The van der Waals surface area contributed by atoms with Gasteiger partial charge < -0.3 is 15.2 Å². The maximum absolute atomic E-state index is 6.60. The predicted octanol–water partition coefficient (Wildman–Crippen LogP) is 4.08. The minimum Gasteiger partial charge on any atom is -0.486 e. The molecular weight excluding hydrogens is 274 g/mol. The third kappa shape index (κ3) is 2.27. The largest absolute Gasteiger partial charge is 0.486 e. The Kier molecular flexibility index (Phi) is 3.83.